The van der Waals surface area contributed by atoms with Gasteiger partial charge in [0.2, 0.25) is 5.95 Å². The number of nitrogens with zero attached hydrogens (tertiary/aromatic N) is 3. The third-order valence-electron chi connectivity index (χ3n) is 5.95. The zero-order chi connectivity index (χ0) is 22.8. The normalized spacial score (nSPS) is 17.8. The highest BCUT2D eigenvalue weighted by Crippen LogP contribution is 2.36. The number of aliphatic hydroxyl groups excluding tert-OH is 1. The molecule has 0 amide bonds. The summed E-state index contributed by atoms with van der Waals surface area (Å²) in [5.74, 6) is 1.49. The maximum absolute atomic E-state index is 9.54. The van der Waals surface area contributed by atoms with Gasteiger partial charge < -0.3 is 26.9 Å². The molecule has 2 heterocycles. The second kappa shape index (κ2) is 9.13. The number of aliphatic hydroxyl groups is 1. The predicted molar refractivity (Wildman–Crippen MR) is 135 cm³/mol. The van der Waals surface area contributed by atoms with Crippen molar-refractivity contribution in [2.75, 3.05) is 23.0 Å². The quantitative estimate of drug-likeness (QED) is 0.201. The molecule has 0 radical (unpaired) electrons. The van der Waals surface area contributed by atoms with E-state index in [0.717, 1.165) is 51.6 Å². The first-order valence-corrected chi connectivity index (χ1v) is 11.7. The lowest BCUT2D eigenvalue weighted by molar-refractivity contribution is 0.229. The maximum Gasteiger partial charge on any atom is 0.229 e. The molecule has 1 aliphatic rings. The van der Waals surface area contributed by atoms with Crippen molar-refractivity contribution in [1.29, 1.82) is 5.41 Å². The molecule has 2 atom stereocenters. The second-order valence-electron chi connectivity index (χ2n) is 8.26. The number of anilines is 4. The molecule has 1 fully saturated rings. The van der Waals surface area contributed by atoms with E-state index < -0.39 is 0 Å². The van der Waals surface area contributed by atoms with Crippen LogP contribution in [0.5, 0.6) is 0 Å². The Labute approximate surface area is 195 Å². The highest BCUT2D eigenvalue weighted by atomic mass is 32.1. The van der Waals surface area contributed by atoms with E-state index in [-0.39, 0.29) is 12.6 Å². The number of hydrogen-bond donors (Lipinski definition) is 5. The van der Waals surface area contributed by atoms with E-state index in [2.05, 4.69) is 21.7 Å². The molecular weight excluding hydrogens is 434 g/mol. The van der Waals surface area contributed by atoms with Gasteiger partial charge in [-0.15, -0.1) is 11.3 Å². The summed E-state index contributed by atoms with van der Waals surface area (Å²) < 4.78 is 1.11. The smallest absolute Gasteiger partial charge is 0.229 e. The number of nitrogens with two attached hydrogens (primary N) is 1. The van der Waals surface area contributed by atoms with E-state index in [4.69, 9.17) is 21.1 Å². The third kappa shape index (κ3) is 4.50. The van der Waals surface area contributed by atoms with Crippen LogP contribution in [0.1, 0.15) is 24.8 Å². The van der Waals surface area contributed by atoms with E-state index in [1.54, 1.807) is 29.7 Å². The van der Waals surface area contributed by atoms with Crippen LogP contribution in [-0.2, 0) is 0 Å². The van der Waals surface area contributed by atoms with Crippen LogP contribution >= 0.6 is 11.3 Å². The molecular formula is C24H25N7OS. The molecule has 0 saturated heterocycles. The Kier molecular flexibility index (Phi) is 5.89. The molecule has 0 bridgehead atoms. The first-order valence-electron chi connectivity index (χ1n) is 10.9. The molecule has 168 valence electrons. The number of nitrogen functional groups attached to an aromatic ring is 1. The number of benzene rings is 2. The number of thiazole rings is 1. The van der Waals surface area contributed by atoms with Crippen molar-refractivity contribution in [3.8, 4) is 10.6 Å². The number of nitrogens with one attached hydrogen (secondary N) is 3. The minimum Gasteiger partial charge on any atom is -0.398 e. The Bertz CT molecular complexity index is 1270. The van der Waals surface area contributed by atoms with Gasteiger partial charge in [0.25, 0.3) is 0 Å². The largest absolute Gasteiger partial charge is 0.398 e. The zero-order valence-electron chi connectivity index (χ0n) is 18.0. The van der Waals surface area contributed by atoms with Crippen LogP contribution < -0.4 is 16.4 Å². The monoisotopic (exact) mass is 459 g/mol. The van der Waals surface area contributed by atoms with Gasteiger partial charge in [-0.05, 0) is 55.5 Å². The van der Waals surface area contributed by atoms with Gasteiger partial charge >= 0.3 is 0 Å². The van der Waals surface area contributed by atoms with Gasteiger partial charge in [0.05, 0.1) is 15.8 Å². The molecule has 33 heavy (non-hydrogen) atoms. The standard InChI is InChI=1S/C24H25N7OS/c25-11-15-10-17(7-8-19(15)26)29-24-27-12-18(23-30-20-3-1-2-4-21(20)33-23)22(31-24)28-16-6-5-14(9-16)13-32/h1-4,7-8,10-12,14,16,25,32H,5-6,9,13,26H2,(H2,27,28,29,31). The van der Waals surface area contributed by atoms with Crippen molar-refractivity contribution in [3.63, 3.8) is 0 Å². The van der Waals surface area contributed by atoms with E-state index >= 15 is 0 Å². The first-order chi connectivity index (χ1) is 16.1. The molecule has 5 rings (SSSR count). The lowest BCUT2D eigenvalue weighted by atomic mass is 10.1. The van der Waals surface area contributed by atoms with Gasteiger partial charge in [-0.25, -0.2) is 9.97 Å². The first kappa shape index (κ1) is 21.3. The van der Waals surface area contributed by atoms with Crippen molar-refractivity contribution >= 4 is 50.9 Å². The van der Waals surface area contributed by atoms with E-state index in [0.29, 0.717) is 23.1 Å². The highest BCUT2D eigenvalue weighted by Gasteiger charge is 2.26. The average molecular weight is 460 g/mol. The van der Waals surface area contributed by atoms with Crippen LogP contribution in [0.2, 0.25) is 0 Å². The Balaban J connectivity index is 1.49. The Morgan fingerprint density at radius 2 is 2.06 bits per heavy atom. The average Bonchev–Trinajstić information content (AvgIpc) is 3.47. The summed E-state index contributed by atoms with van der Waals surface area (Å²) in [6.07, 6.45) is 5.91. The molecule has 0 aliphatic heterocycles. The number of aromatic nitrogens is 3. The molecule has 8 nitrogen and oxygen atoms in total. The Morgan fingerprint density at radius 3 is 2.85 bits per heavy atom. The van der Waals surface area contributed by atoms with Crippen molar-refractivity contribution < 1.29 is 5.11 Å². The van der Waals surface area contributed by atoms with Crippen LogP contribution in [0.4, 0.5) is 23.1 Å². The lowest BCUT2D eigenvalue weighted by Gasteiger charge is -2.17. The number of hydrogen-bond acceptors (Lipinski definition) is 9. The van der Waals surface area contributed by atoms with Crippen LogP contribution in [0.15, 0.2) is 48.7 Å². The molecule has 1 aliphatic carbocycles. The number of rotatable bonds is 7. The molecule has 6 N–H and O–H groups in total. The molecule has 2 aromatic carbocycles. The summed E-state index contributed by atoms with van der Waals surface area (Å²) >= 11 is 1.61. The van der Waals surface area contributed by atoms with Gasteiger partial charge in [0.1, 0.15) is 10.8 Å². The summed E-state index contributed by atoms with van der Waals surface area (Å²) in [5, 5.41) is 24.7. The zero-order valence-corrected chi connectivity index (χ0v) is 18.8. The van der Waals surface area contributed by atoms with Crippen LogP contribution in [0.3, 0.4) is 0 Å². The van der Waals surface area contributed by atoms with Gasteiger partial charge in [0.15, 0.2) is 0 Å². The van der Waals surface area contributed by atoms with Crippen molar-refractivity contribution in [2.45, 2.75) is 25.3 Å². The van der Waals surface area contributed by atoms with E-state index in [1.165, 1.54) is 6.21 Å². The Morgan fingerprint density at radius 1 is 1.18 bits per heavy atom. The minimum absolute atomic E-state index is 0.214. The number of fused-ring (bicyclic) bond motifs is 1. The SMILES string of the molecule is N=Cc1cc(Nc2ncc(-c3nc4ccccc4s3)c(NC3CCC(CO)C3)n2)ccc1N. The van der Waals surface area contributed by atoms with Crippen LogP contribution in [-0.4, -0.2) is 38.9 Å². The Hall–Kier alpha value is -3.56. The second-order valence-corrected chi connectivity index (χ2v) is 9.29. The van der Waals surface area contributed by atoms with E-state index in [9.17, 15) is 5.11 Å². The topological polar surface area (TPSA) is 133 Å². The molecule has 9 heteroatoms. The van der Waals surface area contributed by atoms with Gasteiger partial charge in [0, 0.05) is 42.0 Å². The van der Waals surface area contributed by atoms with E-state index in [1.807, 2.05) is 24.3 Å². The van der Waals surface area contributed by atoms with Crippen LogP contribution in [0, 0.1) is 11.3 Å². The summed E-state index contributed by atoms with van der Waals surface area (Å²) in [4.78, 5) is 14.1. The van der Waals surface area contributed by atoms with Crippen molar-refractivity contribution in [1.82, 2.24) is 15.0 Å². The van der Waals surface area contributed by atoms with Gasteiger partial charge in [-0.1, -0.05) is 12.1 Å². The van der Waals surface area contributed by atoms with Gasteiger partial charge in [-0.2, -0.15) is 4.98 Å². The molecule has 1 saturated carbocycles. The van der Waals surface area contributed by atoms with Crippen molar-refractivity contribution in [2.24, 2.45) is 5.92 Å². The highest BCUT2D eigenvalue weighted by molar-refractivity contribution is 7.21. The minimum atomic E-state index is 0.214. The lowest BCUT2D eigenvalue weighted by Crippen LogP contribution is -2.18. The molecule has 0 spiro atoms. The summed E-state index contributed by atoms with van der Waals surface area (Å²) in [6, 6.07) is 13.7. The fourth-order valence-corrected chi connectivity index (χ4v) is 5.14. The summed E-state index contributed by atoms with van der Waals surface area (Å²) in [7, 11) is 0. The molecule has 2 aromatic heterocycles. The summed E-state index contributed by atoms with van der Waals surface area (Å²) in [6.45, 7) is 0.214. The fourth-order valence-electron chi connectivity index (χ4n) is 4.17. The maximum atomic E-state index is 9.54. The third-order valence-corrected chi connectivity index (χ3v) is 7.02. The van der Waals surface area contributed by atoms with Crippen LogP contribution in [0.25, 0.3) is 20.8 Å². The fraction of sp³-hybridized carbons (Fsp3) is 0.250. The predicted octanol–water partition coefficient (Wildman–Crippen LogP) is 4.65. The molecule has 4 aromatic rings. The summed E-state index contributed by atoms with van der Waals surface area (Å²) in [5.41, 5.74) is 9.64. The van der Waals surface area contributed by atoms with Crippen molar-refractivity contribution in [3.05, 3.63) is 54.2 Å². The number of para-hydroxylation sites is 1. The van der Waals surface area contributed by atoms with Gasteiger partial charge in [-0.3, -0.25) is 0 Å². The molecule has 2 unspecified atom stereocenters.